The average molecular weight is 199 g/mol. The SMILES string of the molecule is COC(=O)C1CC(NC2CC2)CCO1. The van der Waals surface area contributed by atoms with Crippen molar-refractivity contribution in [2.45, 2.75) is 43.9 Å². The van der Waals surface area contributed by atoms with Crippen LogP contribution >= 0.6 is 0 Å². The molecular weight excluding hydrogens is 182 g/mol. The Balaban J connectivity index is 1.79. The zero-order valence-corrected chi connectivity index (χ0v) is 8.49. The molecule has 1 saturated carbocycles. The van der Waals surface area contributed by atoms with Crippen LogP contribution in [0.25, 0.3) is 0 Å². The lowest BCUT2D eigenvalue weighted by atomic mass is 10.0. The van der Waals surface area contributed by atoms with Crippen LogP contribution in [0.15, 0.2) is 0 Å². The molecule has 2 atom stereocenters. The van der Waals surface area contributed by atoms with Gasteiger partial charge in [0.25, 0.3) is 0 Å². The molecule has 0 aromatic rings. The van der Waals surface area contributed by atoms with Crippen LogP contribution in [0.4, 0.5) is 0 Å². The van der Waals surface area contributed by atoms with Gasteiger partial charge in [-0.25, -0.2) is 4.79 Å². The highest BCUT2D eigenvalue weighted by atomic mass is 16.6. The fourth-order valence-corrected chi connectivity index (χ4v) is 1.83. The van der Waals surface area contributed by atoms with E-state index in [1.807, 2.05) is 0 Å². The second kappa shape index (κ2) is 4.28. The quantitative estimate of drug-likeness (QED) is 0.671. The summed E-state index contributed by atoms with van der Waals surface area (Å²) in [7, 11) is 1.41. The number of methoxy groups -OCH3 is 1. The third-order valence-electron chi connectivity index (χ3n) is 2.80. The normalized spacial score (nSPS) is 32.6. The van der Waals surface area contributed by atoms with E-state index in [1.165, 1.54) is 20.0 Å². The van der Waals surface area contributed by atoms with Crippen molar-refractivity contribution in [2.24, 2.45) is 0 Å². The molecule has 0 amide bonds. The highest BCUT2D eigenvalue weighted by Crippen LogP contribution is 2.23. The lowest BCUT2D eigenvalue weighted by Gasteiger charge is -2.28. The zero-order valence-electron chi connectivity index (χ0n) is 8.49. The lowest BCUT2D eigenvalue weighted by molar-refractivity contribution is -0.157. The van der Waals surface area contributed by atoms with Crippen LogP contribution < -0.4 is 5.32 Å². The lowest BCUT2D eigenvalue weighted by Crippen LogP contribution is -2.43. The minimum atomic E-state index is -0.356. The molecule has 0 spiro atoms. The minimum absolute atomic E-state index is 0.243. The summed E-state index contributed by atoms with van der Waals surface area (Å²) in [6, 6.07) is 1.12. The van der Waals surface area contributed by atoms with Crippen LogP contribution in [0.3, 0.4) is 0 Å². The molecule has 1 aliphatic heterocycles. The fraction of sp³-hybridized carbons (Fsp3) is 0.900. The predicted octanol–water partition coefficient (Wildman–Crippen LogP) is 0.459. The molecule has 2 aliphatic rings. The molecule has 4 nitrogen and oxygen atoms in total. The molecule has 1 aliphatic carbocycles. The fourth-order valence-electron chi connectivity index (χ4n) is 1.83. The first-order valence-corrected chi connectivity index (χ1v) is 5.25. The molecule has 2 fully saturated rings. The number of hydrogen-bond acceptors (Lipinski definition) is 4. The molecule has 1 saturated heterocycles. The summed E-state index contributed by atoms with van der Waals surface area (Å²) in [5.74, 6) is -0.243. The van der Waals surface area contributed by atoms with Crippen molar-refractivity contribution < 1.29 is 14.3 Å². The van der Waals surface area contributed by atoms with E-state index in [0.717, 1.165) is 12.8 Å². The van der Waals surface area contributed by atoms with E-state index in [1.54, 1.807) is 0 Å². The summed E-state index contributed by atoms with van der Waals surface area (Å²) >= 11 is 0. The van der Waals surface area contributed by atoms with Gasteiger partial charge in [0, 0.05) is 18.7 Å². The van der Waals surface area contributed by atoms with E-state index >= 15 is 0 Å². The minimum Gasteiger partial charge on any atom is -0.467 e. The summed E-state index contributed by atoms with van der Waals surface area (Å²) < 4.78 is 10.0. The van der Waals surface area contributed by atoms with Crippen LogP contribution in [-0.2, 0) is 14.3 Å². The Bertz CT molecular complexity index is 215. The third kappa shape index (κ3) is 2.45. The van der Waals surface area contributed by atoms with Crippen molar-refractivity contribution in [2.75, 3.05) is 13.7 Å². The van der Waals surface area contributed by atoms with E-state index in [-0.39, 0.29) is 12.1 Å². The van der Waals surface area contributed by atoms with Gasteiger partial charge >= 0.3 is 5.97 Å². The van der Waals surface area contributed by atoms with Gasteiger partial charge in [-0.2, -0.15) is 0 Å². The van der Waals surface area contributed by atoms with Gasteiger partial charge in [-0.15, -0.1) is 0 Å². The van der Waals surface area contributed by atoms with E-state index < -0.39 is 0 Å². The second-order valence-corrected chi connectivity index (χ2v) is 4.04. The highest BCUT2D eigenvalue weighted by molar-refractivity contribution is 5.74. The molecule has 80 valence electrons. The molecular formula is C10H17NO3. The topological polar surface area (TPSA) is 47.6 Å². The molecule has 2 rings (SSSR count). The van der Waals surface area contributed by atoms with Crippen LogP contribution in [0.5, 0.6) is 0 Å². The van der Waals surface area contributed by atoms with Gasteiger partial charge in [0.05, 0.1) is 7.11 Å². The third-order valence-corrected chi connectivity index (χ3v) is 2.80. The van der Waals surface area contributed by atoms with Crippen molar-refractivity contribution >= 4 is 5.97 Å². The van der Waals surface area contributed by atoms with Crippen molar-refractivity contribution in [3.63, 3.8) is 0 Å². The number of carbonyl (C=O) groups is 1. The average Bonchev–Trinajstić information content (AvgIpc) is 3.01. The van der Waals surface area contributed by atoms with Crippen LogP contribution in [0.2, 0.25) is 0 Å². The molecule has 0 bridgehead atoms. The number of hydrogen-bond donors (Lipinski definition) is 1. The zero-order chi connectivity index (χ0) is 9.97. The van der Waals surface area contributed by atoms with Gasteiger partial charge in [0.1, 0.15) is 0 Å². The van der Waals surface area contributed by atoms with Gasteiger partial charge in [0.2, 0.25) is 0 Å². The molecule has 14 heavy (non-hydrogen) atoms. The molecule has 0 aromatic carbocycles. The maximum Gasteiger partial charge on any atom is 0.335 e. The summed E-state index contributed by atoms with van der Waals surface area (Å²) in [5.41, 5.74) is 0. The van der Waals surface area contributed by atoms with Crippen molar-refractivity contribution in [1.82, 2.24) is 5.32 Å². The van der Waals surface area contributed by atoms with Gasteiger partial charge in [0.15, 0.2) is 6.10 Å². The first-order chi connectivity index (χ1) is 6.79. The number of carbonyl (C=O) groups excluding carboxylic acids is 1. The highest BCUT2D eigenvalue weighted by Gasteiger charge is 2.32. The molecule has 0 radical (unpaired) electrons. The molecule has 1 heterocycles. The van der Waals surface area contributed by atoms with E-state index in [4.69, 9.17) is 4.74 Å². The van der Waals surface area contributed by atoms with Crippen molar-refractivity contribution in [1.29, 1.82) is 0 Å². The van der Waals surface area contributed by atoms with Crippen LogP contribution in [-0.4, -0.2) is 37.9 Å². The maximum atomic E-state index is 11.2. The number of esters is 1. The Hall–Kier alpha value is -0.610. The van der Waals surface area contributed by atoms with E-state index in [2.05, 4.69) is 10.1 Å². The summed E-state index contributed by atoms with van der Waals surface area (Å²) in [6.45, 7) is 0.657. The van der Waals surface area contributed by atoms with E-state index in [9.17, 15) is 4.79 Å². The Morgan fingerprint density at radius 3 is 2.79 bits per heavy atom. The second-order valence-electron chi connectivity index (χ2n) is 4.04. The standard InChI is InChI=1S/C10H17NO3/c1-13-10(12)9-6-8(4-5-14-9)11-7-2-3-7/h7-9,11H,2-6H2,1H3. The summed E-state index contributed by atoms with van der Waals surface area (Å²) in [4.78, 5) is 11.2. The molecule has 1 N–H and O–H groups in total. The summed E-state index contributed by atoms with van der Waals surface area (Å²) in [6.07, 6.45) is 3.96. The Morgan fingerprint density at radius 1 is 1.36 bits per heavy atom. The molecule has 2 unspecified atom stereocenters. The summed E-state index contributed by atoms with van der Waals surface area (Å²) in [5, 5.41) is 3.51. The van der Waals surface area contributed by atoms with Crippen LogP contribution in [0, 0.1) is 0 Å². The Labute approximate surface area is 84.0 Å². The van der Waals surface area contributed by atoms with Gasteiger partial charge < -0.3 is 14.8 Å². The Morgan fingerprint density at radius 2 is 2.14 bits per heavy atom. The maximum absolute atomic E-state index is 11.2. The van der Waals surface area contributed by atoms with Crippen LogP contribution in [0.1, 0.15) is 25.7 Å². The molecule has 0 aromatic heterocycles. The smallest absolute Gasteiger partial charge is 0.335 e. The van der Waals surface area contributed by atoms with Gasteiger partial charge in [-0.3, -0.25) is 0 Å². The first-order valence-electron chi connectivity index (χ1n) is 5.25. The number of ether oxygens (including phenoxy) is 2. The Kier molecular flexibility index (Phi) is 3.03. The monoisotopic (exact) mass is 199 g/mol. The van der Waals surface area contributed by atoms with Gasteiger partial charge in [-0.05, 0) is 25.7 Å². The largest absolute Gasteiger partial charge is 0.467 e. The van der Waals surface area contributed by atoms with Crippen molar-refractivity contribution in [3.8, 4) is 0 Å². The van der Waals surface area contributed by atoms with Crippen molar-refractivity contribution in [3.05, 3.63) is 0 Å². The molecule has 4 heteroatoms. The first kappa shape index (κ1) is 9.93. The van der Waals surface area contributed by atoms with Gasteiger partial charge in [-0.1, -0.05) is 0 Å². The number of nitrogens with one attached hydrogen (secondary N) is 1. The predicted molar refractivity (Wildman–Crippen MR) is 50.9 cm³/mol. The number of rotatable bonds is 3. The van der Waals surface area contributed by atoms with E-state index in [0.29, 0.717) is 18.7 Å².